The average molecular weight is 322 g/mol. The Balaban J connectivity index is 1.64. The van der Waals surface area contributed by atoms with Crippen molar-refractivity contribution in [3.8, 4) is 11.5 Å². The zero-order chi connectivity index (χ0) is 16.9. The van der Waals surface area contributed by atoms with Crippen molar-refractivity contribution in [3.05, 3.63) is 77.7 Å². The Morgan fingerprint density at radius 1 is 1.17 bits per heavy atom. The first-order valence-electron chi connectivity index (χ1n) is 7.68. The molecule has 0 saturated carbocycles. The number of hydrogen-bond acceptors (Lipinski definition) is 4. The Labute approximate surface area is 140 Å². The number of oxazole rings is 1. The highest BCUT2D eigenvalue weighted by Crippen LogP contribution is 2.19. The SMILES string of the molecule is Cc1ccccc1C(O)CNC(=O)c1coc(-c2ccccc2)n1. The zero-order valence-corrected chi connectivity index (χ0v) is 13.3. The van der Waals surface area contributed by atoms with Crippen molar-refractivity contribution >= 4 is 5.91 Å². The highest BCUT2D eigenvalue weighted by Gasteiger charge is 2.16. The summed E-state index contributed by atoms with van der Waals surface area (Å²) >= 11 is 0. The molecule has 5 heteroatoms. The van der Waals surface area contributed by atoms with E-state index in [1.54, 1.807) is 0 Å². The summed E-state index contributed by atoms with van der Waals surface area (Å²) in [4.78, 5) is 16.4. The van der Waals surface area contributed by atoms with Gasteiger partial charge in [0.15, 0.2) is 5.69 Å². The van der Waals surface area contributed by atoms with Gasteiger partial charge >= 0.3 is 0 Å². The lowest BCUT2D eigenvalue weighted by atomic mass is 10.0. The first-order chi connectivity index (χ1) is 11.6. The van der Waals surface area contributed by atoms with Gasteiger partial charge in [0, 0.05) is 12.1 Å². The number of hydrogen-bond donors (Lipinski definition) is 2. The molecule has 2 aromatic carbocycles. The quantitative estimate of drug-likeness (QED) is 0.757. The lowest BCUT2D eigenvalue weighted by Crippen LogP contribution is -2.28. The summed E-state index contributed by atoms with van der Waals surface area (Å²) in [5.41, 5.74) is 2.76. The molecular formula is C19H18N2O3. The van der Waals surface area contributed by atoms with Crippen molar-refractivity contribution in [2.45, 2.75) is 13.0 Å². The second-order valence-electron chi connectivity index (χ2n) is 5.49. The van der Waals surface area contributed by atoms with Gasteiger partial charge in [-0.1, -0.05) is 42.5 Å². The number of aliphatic hydroxyl groups excluding tert-OH is 1. The lowest BCUT2D eigenvalue weighted by Gasteiger charge is -2.13. The molecule has 0 aliphatic carbocycles. The van der Waals surface area contributed by atoms with E-state index in [-0.39, 0.29) is 18.1 Å². The smallest absolute Gasteiger partial charge is 0.273 e. The van der Waals surface area contributed by atoms with Gasteiger partial charge in [-0.15, -0.1) is 0 Å². The van der Waals surface area contributed by atoms with Crippen molar-refractivity contribution in [3.63, 3.8) is 0 Å². The van der Waals surface area contributed by atoms with E-state index in [4.69, 9.17) is 4.42 Å². The molecule has 0 saturated heterocycles. The van der Waals surface area contributed by atoms with Gasteiger partial charge in [-0.25, -0.2) is 4.98 Å². The minimum Gasteiger partial charge on any atom is -0.444 e. The van der Waals surface area contributed by atoms with Gasteiger partial charge in [0.05, 0.1) is 6.10 Å². The first kappa shape index (κ1) is 16.0. The van der Waals surface area contributed by atoms with Gasteiger partial charge in [-0.3, -0.25) is 4.79 Å². The standard InChI is InChI=1S/C19H18N2O3/c1-13-7-5-6-10-15(13)17(22)11-20-18(23)16-12-24-19(21-16)14-8-3-2-4-9-14/h2-10,12,17,22H,11H2,1H3,(H,20,23). The molecule has 1 unspecified atom stereocenters. The molecule has 0 radical (unpaired) electrons. The summed E-state index contributed by atoms with van der Waals surface area (Å²) in [6, 6.07) is 16.9. The minimum absolute atomic E-state index is 0.108. The number of benzene rings is 2. The highest BCUT2D eigenvalue weighted by molar-refractivity contribution is 5.92. The molecule has 1 atom stereocenters. The number of aromatic nitrogens is 1. The van der Waals surface area contributed by atoms with Gasteiger partial charge in [0.2, 0.25) is 5.89 Å². The Morgan fingerprint density at radius 2 is 1.88 bits per heavy atom. The van der Waals surface area contributed by atoms with Crippen molar-refractivity contribution in [2.24, 2.45) is 0 Å². The van der Waals surface area contributed by atoms with E-state index in [9.17, 15) is 9.90 Å². The van der Waals surface area contributed by atoms with Gasteiger partial charge in [0.1, 0.15) is 6.26 Å². The van der Waals surface area contributed by atoms with Crippen LogP contribution in [0.4, 0.5) is 0 Å². The van der Waals surface area contributed by atoms with Crippen molar-refractivity contribution < 1.29 is 14.3 Å². The van der Waals surface area contributed by atoms with Crippen LogP contribution in [0.5, 0.6) is 0 Å². The van der Waals surface area contributed by atoms with Crippen molar-refractivity contribution in [1.29, 1.82) is 0 Å². The molecule has 0 aliphatic rings. The number of amides is 1. The van der Waals surface area contributed by atoms with E-state index in [0.717, 1.165) is 16.7 Å². The molecule has 1 heterocycles. The molecule has 0 spiro atoms. The Bertz CT molecular complexity index is 827. The Kier molecular flexibility index (Phi) is 4.72. The van der Waals surface area contributed by atoms with Crippen LogP contribution in [-0.4, -0.2) is 22.5 Å². The van der Waals surface area contributed by atoms with Crippen LogP contribution in [0.1, 0.15) is 27.7 Å². The van der Waals surface area contributed by atoms with Crippen molar-refractivity contribution in [2.75, 3.05) is 6.54 Å². The van der Waals surface area contributed by atoms with Crippen LogP contribution >= 0.6 is 0 Å². The number of aryl methyl sites for hydroxylation is 1. The van der Waals surface area contributed by atoms with Crippen LogP contribution < -0.4 is 5.32 Å². The average Bonchev–Trinajstić information content (AvgIpc) is 3.11. The summed E-state index contributed by atoms with van der Waals surface area (Å²) in [5, 5.41) is 12.9. The number of carbonyl (C=O) groups excluding carboxylic acids is 1. The van der Waals surface area contributed by atoms with Gasteiger partial charge in [0.25, 0.3) is 5.91 Å². The molecule has 122 valence electrons. The van der Waals surface area contributed by atoms with Crippen LogP contribution in [0, 0.1) is 6.92 Å². The maximum Gasteiger partial charge on any atom is 0.273 e. The molecular weight excluding hydrogens is 304 g/mol. The molecule has 1 amide bonds. The normalized spacial score (nSPS) is 11.9. The third-order valence-corrected chi connectivity index (χ3v) is 3.76. The van der Waals surface area contributed by atoms with Crippen LogP contribution in [0.25, 0.3) is 11.5 Å². The number of aliphatic hydroxyl groups is 1. The van der Waals surface area contributed by atoms with Gasteiger partial charge in [-0.2, -0.15) is 0 Å². The summed E-state index contributed by atoms with van der Waals surface area (Å²) < 4.78 is 5.35. The van der Waals surface area contributed by atoms with Crippen LogP contribution in [0.3, 0.4) is 0 Å². The molecule has 0 bridgehead atoms. The highest BCUT2D eigenvalue weighted by atomic mass is 16.3. The number of nitrogens with zero attached hydrogens (tertiary/aromatic N) is 1. The summed E-state index contributed by atoms with van der Waals surface area (Å²) in [5.74, 6) is 0.00812. The van der Waals surface area contributed by atoms with Crippen LogP contribution in [-0.2, 0) is 0 Å². The second-order valence-corrected chi connectivity index (χ2v) is 5.49. The van der Waals surface area contributed by atoms with E-state index >= 15 is 0 Å². The van der Waals surface area contributed by atoms with Gasteiger partial charge < -0.3 is 14.8 Å². The van der Waals surface area contributed by atoms with E-state index in [2.05, 4.69) is 10.3 Å². The number of nitrogens with one attached hydrogen (secondary N) is 1. The maximum atomic E-state index is 12.2. The van der Waals surface area contributed by atoms with E-state index in [0.29, 0.717) is 5.89 Å². The monoisotopic (exact) mass is 322 g/mol. The fraction of sp³-hybridized carbons (Fsp3) is 0.158. The van der Waals surface area contributed by atoms with Crippen molar-refractivity contribution in [1.82, 2.24) is 10.3 Å². The Morgan fingerprint density at radius 3 is 2.62 bits per heavy atom. The predicted octanol–water partition coefficient (Wildman–Crippen LogP) is 3.11. The third kappa shape index (κ3) is 3.52. The van der Waals surface area contributed by atoms with E-state index < -0.39 is 6.10 Å². The van der Waals surface area contributed by atoms with Gasteiger partial charge in [-0.05, 0) is 30.2 Å². The first-order valence-corrected chi connectivity index (χ1v) is 7.68. The molecule has 0 aliphatic heterocycles. The zero-order valence-electron chi connectivity index (χ0n) is 13.3. The second kappa shape index (κ2) is 7.10. The van der Waals surface area contributed by atoms with Crippen LogP contribution in [0.15, 0.2) is 65.3 Å². The summed E-state index contributed by atoms with van der Waals surface area (Å²) in [6.45, 7) is 2.03. The fourth-order valence-electron chi connectivity index (χ4n) is 2.44. The largest absolute Gasteiger partial charge is 0.444 e. The molecule has 3 rings (SSSR count). The van der Waals surface area contributed by atoms with E-state index in [1.807, 2.05) is 61.5 Å². The number of carbonyl (C=O) groups is 1. The predicted molar refractivity (Wildman–Crippen MR) is 90.4 cm³/mol. The Hall–Kier alpha value is -2.92. The fourth-order valence-corrected chi connectivity index (χ4v) is 2.44. The minimum atomic E-state index is -0.768. The molecule has 0 fully saturated rings. The molecule has 1 aromatic heterocycles. The third-order valence-electron chi connectivity index (χ3n) is 3.76. The maximum absolute atomic E-state index is 12.2. The molecule has 24 heavy (non-hydrogen) atoms. The lowest BCUT2D eigenvalue weighted by molar-refractivity contribution is 0.0911. The number of rotatable bonds is 5. The molecule has 3 aromatic rings. The molecule has 2 N–H and O–H groups in total. The molecule has 5 nitrogen and oxygen atoms in total. The van der Waals surface area contributed by atoms with Crippen LogP contribution in [0.2, 0.25) is 0 Å². The van der Waals surface area contributed by atoms with E-state index in [1.165, 1.54) is 6.26 Å². The summed E-state index contributed by atoms with van der Waals surface area (Å²) in [6.07, 6.45) is 0.549. The topological polar surface area (TPSA) is 75.4 Å². The summed E-state index contributed by atoms with van der Waals surface area (Å²) in [7, 11) is 0.